The van der Waals surface area contributed by atoms with Crippen molar-refractivity contribution < 1.29 is 9.57 Å². The number of rotatable bonds is 3. The van der Waals surface area contributed by atoms with Crippen LogP contribution in [0.5, 0.6) is 5.75 Å². The van der Waals surface area contributed by atoms with Crippen LogP contribution in [0.2, 0.25) is 0 Å². The largest absolute Gasteiger partial charge is 0.497 e. The van der Waals surface area contributed by atoms with E-state index in [-0.39, 0.29) is 6.10 Å². The molecule has 0 bridgehead atoms. The number of ether oxygens (including phenoxy) is 1. The topological polar surface area (TPSA) is 30.5 Å². The molecule has 1 heterocycles. The Morgan fingerprint density at radius 1 is 1.00 bits per heavy atom. The first kappa shape index (κ1) is 12.8. The average Bonchev–Trinajstić information content (AvgIpc) is 2.94. The standard InChI is InChI=1S/C17H17NO2/c1-12-11-17(18-20-12)16-6-4-3-5-15(16)13-7-9-14(19-2)10-8-13/h3-12,18H,1-2H3. The maximum atomic E-state index is 5.38. The van der Waals surface area contributed by atoms with Crippen molar-refractivity contribution >= 4 is 5.70 Å². The molecule has 1 aliphatic heterocycles. The van der Waals surface area contributed by atoms with Crippen LogP contribution in [0.4, 0.5) is 0 Å². The smallest absolute Gasteiger partial charge is 0.118 e. The molecule has 20 heavy (non-hydrogen) atoms. The van der Waals surface area contributed by atoms with Gasteiger partial charge in [0.25, 0.3) is 0 Å². The minimum atomic E-state index is 0.0916. The number of nitrogens with one attached hydrogen (secondary N) is 1. The van der Waals surface area contributed by atoms with Gasteiger partial charge in [-0.15, -0.1) is 0 Å². The van der Waals surface area contributed by atoms with Crippen LogP contribution in [-0.4, -0.2) is 13.2 Å². The molecule has 1 atom stereocenters. The second-order valence-corrected chi connectivity index (χ2v) is 4.78. The number of hydrogen-bond acceptors (Lipinski definition) is 3. The first-order valence-corrected chi connectivity index (χ1v) is 6.65. The highest BCUT2D eigenvalue weighted by Gasteiger charge is 2.16. The van der Waals surface area contributed by atoms with Crippen LogP contribution in [0.25, 0.3) is 16.8 Å². The molecule has 1 aliphatic rings. The molecule has 0 fully saturated rings. The normalized spacial score (nSPS) is 17.5. The van der Waals surface area contributed by atoms with E-state index < -0.39 is 0 Å². The van der Waals surface area contributed by atoms with Gasteiger partial charge in [0.15, 0.2) is 0 Å². The molecular formula is C17H17NO2. The molecule has 0 aromatic heterocycles. The molecule has 2 aromatic rings. The lowest BCUT2D eigenvalue weighted by atomic mass is 9.97. The summed E-state index contributed by atoms with van der Waals surface area (Å²) in [4.78, 5) is 5.38. The van der Waals surface area contributed by atoms with Crippen LogP contribution in [0.3, 0.4) is 0 Å². The summed E-state index contributed by atoms with van der Waals surface area (Å²) in [5.41, 5.74) is 7.48. The zero-order chi connectivity index (χ0) is 13.9. The van der Waals surface area contributed by atoms with E-state index in [1.807, 2.05) is 31.2 Å². The van der Waals surface area contributed by atoms with E-state index in [1.165, 1.54) is 5.56 Å². The molecule has 0 spiro atoms. The van der Waals surface area contributed by atoms with Crippen LogP contribution in [0.15, 0.2) is 54.6 Å². The Kier molecular flexibility index (Phi) is 3.44. The Bertz CT molecular complexity index is 632. The number of benzene rings is 2. The Balaban J connectivity index is 2.03. The molecule has 2 aromatic carbocycles. The van der Waals surface area contributed by atoms with Crippen molar-refractivity contribution in [2.24, 2.45) is 0 Å². The van der Waals surface area contributed by atoms with Gasteiger partial charge in [-0.2, -0.15) is 0 Å². The maximum absolute atomic E-state index is 5.38. The van der Waals surface area contributed by atoms with Crippen molar-refractivity contribution in [3.05, 3.63) is 60.2 Å². The van der Waals surface area contributed by atoms with Crippen LogP contribution < -0.4 is 10.2 Å². The molecule has 0 saturated carbocycles. The predicted molar refractivity (Wildman–Crippen MR) is 80.1 cm³/mol. The average molecular weight is 267 g/mol. The highest BCUT2D eigenvalue weighted by atomic mass is 16.7. The summed E-state index contributed by atoms with van der Waals surface area (Å²) in [6.07, 6.45) is 2.18. The van der Waals surface area contributed by atoms with Crippen LogP contribution in [0, 0.1) is 0 Å². The fourth-order valence-electron chi connectivity index (χ4n) is 2.34. The molecule has 0 aliphatic carbocycles. The highest BCUT2D eigenvalue weighted by Crippen LogP contribution is 2.30. The molecule has 1 unspecified atom stereocenters. The monoisotopic (exact) mass is 267 g/mol. The number of hydrogen-bond donors (Lipinski definition) is 1. The zero-order valence-corrected chi connectivity index (χ0v) is 11.6. The van der Waals surface area contributed by atoms with Crippen molar-refractivity contribution in [2.45, 2.75) is 13.0 Å². The quantitative estimate of drug-likeness (QED) is 0.921. The van der Waals surface area contributed by atoms with Gasteiger partial charge in [-0.25, -0.2) is 0 Å². The third kappa shape index (κ3) is 2.40. The van der Waals surface area contributed by atoms with Crippen LogP contribution in [0.1, 0.15) is 12.5 Å². The highest BCUT2D eigenvalue weighted by molar-refractivity contribution is 5.81. The van der Waals surface area contributed by atoms with E-state index in [0.29, 0.717) is 0 Å². The van der Waals surface area contributed by atoms with Crippen LogP contribution >= 0.6 is 0 Å². The van der Waals surface area contributed by atoms with E-state index in [0.717, 1.165) is 22.6 Å². The van der Waals surface area contributed by atoms with Crippen molar-refractivity contribution in [1.82, 2.24) is 5.48 Å². The molecule has 1 N–H and O–H groups in total. The summed E-state index contributed by atoms with van der Waals surface area (Å²) < 4.78 is 5.21. The summed E-state index contributed by atoms with van der Waals surface area (Å²) in [6, 6.07) is 16.4. The molecule has 102 valence electrons. The van der Waals surface area contributed by atoms with Gasteiger partial charge in [0, 0.05) is 5.56 Å². The summed E-state index contributed by atoms with van der Waals surface area (Å²) in [7, 11) is 1.68. The van der Waals surface area contributed by atoms with Crippen LogP contribution in [-0.2, 0) is 4.84 Å². The Hall–Kier alpha value is -2.26. The van der Waals surface area contributed by atoms with Gasteiger partial charge < -0.3 is 4.74 Å². The zero-order valence-electron chi connectivity index (χ0n) is 11.6. The summed E-state index contributed by atoms with van der Waals surface area (Å²) in [6.45, 7) is 2.01. The van der Waals surface area contributed by atoms with Gasteiger partial charge in [-0.05, 0) is 36.3 Å². The second-order valence-electron chi connectivity index (χ2n) is 4.78. The van der Waals surface area contributed by atoms with Crippen molar-refractivity contribution in [3.63, 3.8) is 0 Å². The molecule has 0 saturated heterocycles. The maximum Gasteiger partial charge on any atom is 0.118 e. The van der Waals surface area contributed by atoms with E-state index in [9.17, 15) is 0 Å². The minimum Gasteiger partial charge on any atom is -0.497 e. The van der Waals surface area contributed by atoms with Gasteiger partial charge in [0.2, 0.25) is 0 Å². The second kappa shape index (κ2) is 5.39. The van der Waals surface area contributed by atoms with Gasteiger partial charge >= 0.3 is 0 Å². The lowest BCUT2D eigenvalue weighted by molar-refractivity contribution is 0.0625. The summed E-state index contributed by atoms with van der Waals surface area (Å²) >= 11 is 0. The Labute approximate surface area is 118 Å². The predicted octanol–water partition coefficient (Wildman–Crippen LogP) is 3.63. The van der Waals surface area contributed by atoms with Gasteiger partial charge in [-0.3, -0.25) is 10.3 Å². The summed E-state index contributed by atoms with van der Waals surface area (Å²) in [5.74, 6) is 0.862. The third-order valence-corrected chi connectivity index (χ3v) is 3.37. The van der Waals surface area contributed by atoms with Gasteiger partial charge in [-0.1, -0.05) is 36.4 Å². The van der Waals surface area contributed by atoms with Crippen molar-refractivity contribution in [2.75, 3.05) is 7.11 Å². The Morgan fingerprint density at radius 3 is 2.30 bits per heavy atom. The fourth-order valence-corrected chi connectivity index (χ4v) is 2.34. The van der Waals surface area contributed by atoms with Crippen molar-refractivity contribution in [1.29, 1.82) is 0 Å². The van der Waals surface area contributed by atoms with E-state index in [2.05, 4.69) is 35.8 Å². The van der Waals surface area contributed by atoms with Gasteiger partial charge in [0.1, 0.15) is 11.9 Å². The summed E-state index contributed by atoms with van der Waals surface area (Å²) in [5, 5.41) is 0. The van der Waals surface area contributed by atoms with Gasteiger partial charge in [0.05, 0.1) is 12.8 Å². The van der Waals surface area contributed by atoms with E-state index >= 15 is 0 Å². The molecular weight excluding hydrogens is 250 g/mol. The molecule has 0 amide bonds. The Morgan fingerprint density at radius 2 is 1.70 bits per heavy atom. The van der Waals surface area contributed by atoms with E-state index in [4.69, 9.17) is 9.57 Å². The SMILES string of the molecule is COc1ccc(-c2ccccc2C2=CC(C)ON2)cc1. The third-order valence-electron chi connectivity index (χ3n) is 3.37. The first-order valence-electron chi connectivity index (χ1n) is 6.65. The molecule has 3 heteroatoms. The lowest BCUT2D eigenvalue weighted by Gasteiger charge is -2.11. The first-order chi connectivity index (χ1) is 9.78. The molecule has 0 radical (unpaired) electrons. The fraction of sp³-hybridized carbons (Fsp3) is 0.176. The van der Waals surface area contributed by atoms with E-state index in [1.54, 1.807) is 7.11 Å². The minimum absolute atomic E-state index is 0.0916. The number of methoxy groups -OCH3 is 1. The molecule has 3 rings (SSSR count). The van der Waals surface area contributed by atoms with Crippen molar-refractivity contribution in [3.8, 4) is 16.9 Å². The lowest BCUT2D eigenvalue weighted by Crippen LogP contribution is -2.09. The molecule has 3 nitrogen and oxygen atoms in total. The number of hydroxylamine groups is 1.